The second-order valence-corrected chi connectivity index (χ2v) is 9.16. The maximum Gasteiger partial charge on any atom is 0.324 e. The van der Waals surface area contributed by atoms with Gasteiger partial charge in [0.2, 0.25) is 0 Å². The number of rotatable bonds is 6. The van der Waals surface area contributed by atoms with Crippen LogP contribution in [0.4, 0.5) is 5.69 Å². The Morgan fingerprint density at radius 3 is 2.19 bits per heavy atom. The highest BCUT2D eigenvalue weighted by Crippen LogP contribution is 2.35. The van der Waals surface area contributed by atoms with Gasteiger partial charge in [-0.05, 0) is 47.5 Å². The van der Waals surface area contributed by atoms with Crippen LogP contribution in [0.15, 0.2) is 95.9 Å². The normalized spacial score (nSPS) is 11.4. The van der Waals surface area contributed by atoms with E-state index in [9.17, 15) is 18.3 Å². The van der Waals surface area contributed by atoms with Crippen LogP contribution in [-0.4, -0.2) is 26.0 Å². The Hall–Kier alpha value is -3.64. The van der Waals surface area contributed by atoms with Crippen LogP contribution in [0.25, 0.3) is 21.9 Å². The van der Waals surface area contributed by atoms with Crippen molar-refractivity contribution >= 4 is 32.5 Å². The summed E-state index contributed by atoms with van der Waals surface area (Å²) in [5, 5.41) is 11.6. The van der Waals surface area contributed by atoms with Gasteiger partial charge in [0.25, 0.3) is 10.0 Å². The van der Waals surface area contributed by atoms with E-state index in [-0.39, 0.29) is 4.90 Å². The lowest BCUT2D eigenvalue weighted by Gasteiger charge is -2.25. The molecule has 0 atom stereocenters. The third kappa shape index (κ3) is 4.15. The molecule has 0 fully saturated rings. The third-order valence-corrected chi connectivity index (χ3v) is 6.90. The molecular formula is C25H21NO4S. The zero-order chi connectivity index (χ0) is 22.0. The van der Waals surface area contributed by atoms with Gasteiger partial charge in [0.1, 0.15) is 6.54 Å². The number of fused-ring (bicyclic) bond motifs is 1. The Morgan fingerprint density at radius 2 is 1.48 bits per heavy atom. The first-order valence-corrected chi connectivity index (χ1v) is 11.2. The zero-order valence-corrected chi connectivity index (χ0v) is 17.7. The van der Waals surface area contributed by atoms with Crippen molar-refractivity contribution in [2.75, 3.05) is 10.8 Å². The summed E-state index contributed by atoms with van der Waals surface area (Å²) in [7, 11) is -4.09. The first-order valence-electron chi connectivity index (χ1n) is 9.76. The van der Waals surface area contributed by atoms with E-state index in [0.717, 1.165) is 26.2 Å². The van der Waals surface area contributed by atoms with Gasteiger partial charge in [-0.3, -0.25) is 9.10 Å². The summed E-state index contributed by atoms with van der Waals surface area (Å²) in [5.41, 5.74) is 2.69. The fourth-order valence-electron chi connectivity index (χ4n) is 3.55. The van der Waals surface area contributed by atoms with Gasteiger partial charge in [0.05, 0.1) is 10.6 Å². The second kappa shape index (κ2) is 8.24. The molecule has 0 heterocycles. The molecule has 4 rings (SSSR count). The van der Waals surface area contributed by atoms with E-state index in [1.54, 1.807) is 30.3 Å². The van der Waals surface area contributed by atoms with Crippen LogP contribution < -0.4 is 4.31 Å². The predicted octanol–water partition coefficient (Wildman–Crippen LogP) is 5.10. The topological polar surface area (TPSA) is 74.7 Å². The summed E-state index contributed by atoms with van der Waals surface area (Å²) < 4.78 is 27.8. The summed E-state index contributed by atoms with van der Waals surface area (Å²) in [5.74, 6) is -1.23. The van der Waals surface area contributed by atoms with Crippen LogP contribution in [0.5, 0.6) is 0 Å². The van der Waals surface area contributed by atoms with Gasteiger partial charge in [-0.25, -0.2) is 8.42 Å². The molecular weight excluding hydrogens is 410 g/mol. The molecule has 0 radical (unpaired) electrons. The minimum Gasteiger partial charge on any atom is -0.480 e. The highest BCUT2D eigenvalue weighted by Gasteiger charge is 2.29. The fourth-order valence-corrected chi connectivity index (χ4v) is 4.99. The molecule has 0 saturated carbocycles. The SMILES string of the molecule is Cc1ccc(S(=O)(=O)N(CC(=O)O)c2ccccc2-c2ccc3ccccc3c2)cc1. The maximum atomic E-state index is 13.4. The Labute approximate surface area is 181 Å². The Balaban J connectivity index is 1.88. The number of carboxylic acids is 1. The van der Waals surface area contributed by atoms with Crippen LogP contribution in [0, 0.1) is 6.92 Å². The smallest absolute Gasteiger partial charge is 0.324 e. The van der Waals surface area contributed by atoms with Crippen LogP contribution in [0.1, 0.15) is 5.56 Å². The molecule has 156 valence electrons. The number of hydrogen-bond donors (Lipinski definition) is 1. The molecule has 0 aliphatic heterocycles. The standard InChI is InChI=1S/C25H21NO4S/c1-18-10-14-22(15-11-18)31(29,30)26(17-25(27)28)24-9-5-4-8-23(24)21-13-12-19-6-2-3-7-20(19)16-21/h2-16H,17H2,1H3,(H,27,28). The van der Waals surface area contributed by atoms with Crippen LogP contribution in [-0.2, 0) is 14.8 Å². The first kappa shape index (κ1) is 20.6. The molecule has 4 aromatic carbocycles. The van der Waals surface area contributed by atoms with E-state index in [2.05, 4.69) is 0 Å². The summed E-state index contributed by atoms with van der Waals surface area (Å²) in [4.78, 5) is 11.7. The van der Waals surface area contributed by atoms with Crippen molar-refractivity contribution in [3.63, 3.8) is 0 Å². The van der Waals surface area contributed by atoms with Crippen LogP contribution in [0.3, 0.4) is 0 Å². The van der Waals surface area contributed by atoms with Crippen molar-refractivity contribution in [3.05, 3.63) is 96.6 Å². The third-order valence-electron chi connectivity index (χ3n) is 5.12. The molecule has 0 bridgehead atoms. The fraction of sp³-hybridized carbons (Fsp3) is 0.0800. The average Bonchev–Trinajstić information content (AvgIpc) is 2.77. The summed E-state index contributed by atoms with van der Waals surface area (Å²) >= 11 is 0. The number of anilines is 1. The monoisotopic (exact) mass is 431 g/mol. The molecule has 0 aliphatic carbocycles. The molecule has 0 spiro atoms. The summed E-state index contributed by atoms with van der Waals surface area (Å²) in [6.45, 7) is 1.18. The Bertz CT molecular complexity index is 1360. The molecule has 6 heteroatoms. The van der Waals surface area contributed by atoms with Gasteiger partial charge < -0.3 is 5.11 Å². The molecule has 0 aliphatic rings. The van der Waals surface area contributed by atoms with Gasteiger partial charge in [-0.1, -0.05) is 72.3 Å². The molecule has 5 nitrogen and oxygen atoms in total. The Kier molecular flexibility index (Phi) is 5.48. The number of aryl methyl sites for hydroxylation is 1. The van der Waals surface area contributed by atoms with Gasteiger partial charge in [-0.2, -0.15) is 0 Å². The molecule has 1 N–H and O–H groups in total. The molecule has 0 aromatic heterocycles. The van der Waals surface area contributed by atoms with E-state index in [4.69, 9.17) is 0 Å². The van der Waals surface area contributed by atoms with Gasteiger partial charge >= 0.3 is 5.97 Å². The molecule has 31 heavy (non-hydrogen) atoms. The lowest BCUT2D eigenvalue weighted by Crippen LogP contribution is -2.36. The van der Waals surface area contributed by atoms with Crippen LogP contribution >= 0.6 is 0 Å². The lowest BCUT2D eigenvalue weighted by atomic mass is 10.00. The highest BCUT2D eigenvalue weighted by atomic mass is 32.2. The minimum atomic E-state index is -4.09. The van der Waals surface area contributed by atoms with Crippen molar-refractivity contribution < 1.29 is 18.3 Å². The molecule has 0 unspecified atom stereocenters. The highest BCUT2D eigenvalue weighted by molar-refractivity contribution is 7.92. The van der Waals surface area contributed by atoms with E-state index >= 15 is 0 Å². The number of benzene rings is 4. The van der Waals surface area contributed by atoms with Gasteiger partial charge in [0.15, 0.2) is 0 Å². The maximum absolute atomic E-state index is 13.4. The zero-order valence-electron chi connectivity index (χ0n) is 16.9. The number of carbonyl (C=O) groups is 1. The van der Waals surface area contributed by atoms with Crippen molar-refractivity contribution in [2.45, 2.75) is 11.8 Å². The number of nitrogens with zero attached hydrogens (tertiary/aromatic N) is 1. The molecule has 0 saturated heterocycles. The largest absolute Gasteiger partial charge is 0.480 e. The molecule has 0 amide bonds. The number of hydrogen-bond acceptors (Lipinski definition) is 3. The van der Waals surface area contributed by atoms with Crippen LogP contribution in [0.2, 0.25) is 0 Å². The van der Waals surface area contributed by atoms with E-state index < -0.39 is 22.5 Å². The summed E-state index contributed by atoms with van der Waals surface area (Å²) in [6.07, 6.45) is 0. The van der Waals surface area contributed by atoms with Crippen molar-refractivity contribution in [1.29, 1.82) is 0 Å². The number of carboxylic acid groups (broad SMARTS) is 1. The predicted molar refractivity (Wildman–Crippen MR) is 123 cm³/mol. The quantitative estimate of drug-likeness (QED) is 0.461. The van der Waals surface area contributed by atoms with Crippen molar-refractivity contribution in [3.8, 4) is 11.1 Å². The number of para-hydroxylation sites is 1. The summed E-state index contributed by atoms with van der Waals surface area (Å²) in [6, 6.07) is 27.1. The molecule has 4 aromatic rings. The van der Waals surface area contributed by atoms with E-state index in [1.165, 1.54) is 12.1 Å². The van der Waals surface area contributed by atoms with Crippen molar-refractivity contribution in [2.24, 2.45) is 0 Å². The van der Waals surface area contributed by atoms with E-state index in [0.29, 0.717) is 11.3 Å². The number of aliphatic carboxylic acids is 1. The lowest BCUT2D eigenvalue weighted by molar-refractivity contribution is -0.135. The second-order valence-electron chi connectivity index (χ2n) is 7.30. The van der Waals surface area contributed by atoms with Gasteiger partial charge in [0, 0.05) is 5.56 Å². The van der Waals surface area contributed by atoms with Gasteiger partial charge in [-0.15, -0.1) is 0 Å². The Morgan fingerprint density at radius 1 is 0.839 bits per heavy atom. The number of sulfonamides is 1. The minimum absolute atomic E-state index is 0.0488. The average molecular weight is 432 g/mol. The first-order chi connectivity index (χ1) is 14.9. The van der Waals surface area contributed by atoms with Crippen molar-refractivity contribution in [1.82, 2.24) is 0 Å². The van der Waals surface area contributed by atoms with E-state index in [1.807, 2.05) is 55.5 Å².